The third kappa shape index (κ3) is 6.24. The van der Waals surface area contributed by atoms with E-state index in [1.807, 2.05) is 48.5 Å². The van der Waals surface area contributed by atoms with Crippen LogP contribution in [0.5, 0.6) is 0 Å². The lowest BCUT2D eigenvalue weighted by Crippen LogP contribution is -2.30. The third-order valence-corrected chi connectivity index (χ3v) is 3.06. The van der Waals surface area contributed by atoms with Gasteiger partial charge in [-0.05, 0) is 23.8 Å². The molecule has 0 fully saturated rings. The van der Waals surface area contributed by atoms with Gasteiger partial charge in [-0.1, -0.05) is 48.5 Å². The topological polar surface area (TPSA) is 59.9 Å². The molecule has 4 nitrogen and oxygen atoms in total. The maximum atomic E-state index is 7.79. The summed E-state index contributed by atoms with van der Waals surface area (Å²) in [5.74, 6) is 0.393. The quantitative estimate of drug-likeness (QED) is 0.344. The molecule has 0 aliphatic rings. The van der Waals surface area contributed by atoms with Crippen LogP contribution in [0.2, 0.25) is 0 Å². The van der Waals surface area contributed by atoms with Crippen LogP contribution in [0.4, 0.5) is 5.69 Å². The summed E-state index contributed by atoms with van der Waals surface area (Å²) >= 11 is 0. The zero-order chi connectivity index (χ0) is 15.5. The molecule has 0 amide bonds. The Hall–Kier alpha value is -2.59. The summed E-state index contributed by atoms with van der Waals surface area (Å²) in [6, 6.07) is 20.2. The first kappa shape index (κ1) is 15.8. The van der Waals surface area contributed by atoms with Crippen LogP contribution in [-0.2, 0) is 6.54 Å². The number of hydrogen-bond acceptors (Lipinski definition) is 3. The molecule has 4 N–H and O–H groups in total. The van der Waals surface area contributed by atoms with Crippen LogP contribution < -0.4 is 16.0 Å². The smallest absolute Gasteiger partial charge is 0.119 e. The Kier molecular flexibility index (Phi) is 6.72. The molecule has 114 valence electrons. The Morgan fingerprint density at radius 1 is 0.909 bits per heavy atom. The van der Waals surface area contributed by atoms with Crippen molar-refractivity contribution in [2.24, 2.45) is 0 Å². The molecule has 2 aromatic carbocycles. The number of nitrogens with one attached hydrogen (secondary N) is 4. The molecule has 2 aromatic rings. The molecule has 2 rings (SSSR count). The van der Waals surface area contributed by atoms with E-state index in [4.69, 9.17) is 5.41 Å². The molecule has 0 heterocycles. The lowest BCUT2D eigenvalue weighted by Gasteiger charge is -2.07. The zero-order valence-electron chi connectivity index (χ0n) is 12.5. The first-order valence-electron chi connectivity index (χ1n) is 7.40. The average molecular weight is 294 g/mol. The van der Waals surface area contributed by atoms with E-state index >= 15 is 0 Å². The Labute approximate surface area is 131 Å². The van der Waals surface area contributed by atoms with E-state index in [0.29, 0.717) is 5.84 Å². The van der Waals surface area contributed by atoms with E-state index < -0.39 is 0 Å². The van der Waals surface area contributed by atoms with Gasteiger partial charge >= 0.3 is 0 Å². The molecule has 4 heteroatoms. The molecule has 0 aromatic heterocycles. The molecular weight excluding hydrogens is 272 g/mol. The Bertz CT molecular complexity index is 579. The molecule has 0 unspecified atom stereocenters. The van der Waals surface area contributed by atoms with Crippen LogP contribution in [0.1, 0.15) is 5.56 Å². The van der Waals surface area contributed by atoms with Gasteiger partial charge in [0.15, 0.2) is 0 Å². The molecule has 0 aliphatic carbocycles. The second-order valence-electron chi connectivity index (χ2n) is 4.85. The highest BCUT2D eigenvalue weighted by atomic mass is 15.0. The summed E-state index contributed by atoms with van der Waals surface area (Å²) in [7, 11) is 0. The van der Waals surface area contributed by atoms with E-state index in [0.717, 1.165) is 25.3 Å². The number of anilines is 1. The van der Waals surface area contributed by atoms with E-state index in [1.54, 1.807) is 12.3 Å². The van der Waals surface area contributed by atoms with Crippen molar-refractivity contribution in [2.75, 3.05) is 18.4 Å². The second kappa shape index (κ2) is 9.37. The van der Waals surface area contributed by atoms with E-state index in [1.165, 1.54) is 5.56 Å². The molecule has 0 spiro atoms. The van der Waals surface area contributed by atoms with Gasteiger partial charge in [-0.25, -0.2) is 0 Å². The number of amidine groups is 1. The minimum Gasteiger partial charge on any atom is -0.369 e. The number of hydrogen-bond donors (Lipinski definition) is 4. The SMILES string of the molecule is N=C(/C=C\Nc1ccccc1)NCCNCc1ccccc1. The van der Waals surface area contributed by atoms with E-state index in [2.05, 4.69) is 28.1 Å². The fraction of sp³-hybridized carbons (Fsp3) is 0.167. The molecule has 22 heavy (non-hydrogen) atoms. The highest BCUT2D eigenvalue weighted by molar-refractivity contribution is 5.90. The van der Waals surface area contributed by atoms with Crippen molar-refractivity contribution in [2.45, 2.75) is 6.54 Å². The van der Waals surface area contributed by atoms with Gasteiger partial charge in [0, 0.05) is 31.5 Å². The second-order valence-corrected chi connectivity index (χ2v) is 4.85. The predicted molar refractivity (Wildman–Crippen MR) is 93.1 cm³/mol. The number of rotatable bonds is 8. The summed E-state index contributed by atoms with van der Waals surface area (Å²) in [5.41, 5.74) is 2.28. The van der Waals surface area contributed by atoms with Crippen LogP contribution in [0, 0.1) is 5.41 Å². The van der Waals surface area contributed by atoms with Crippen molar-refractivity contribution in [1.29, 1.82) is 5.41 Å². The maximum absolute atomic E-state index is 7.79. The molecule has 0 atom stereocenters. The van der Waals surface area contributed by atoms with Crippen LogP contribution in [0.25, 0.3) is 0 Å². The summed E-state index contributed by atoms with van der Waals surface area (Å²) in [6.07, 6.45) is 3.48. The van der Waals surface area contributed by atoms with Crippen LogP contribution >= 0.6 is 0 Å². The van der Waals surface area contributed by atoms with Gasteiger partial charge in [-0.15, -0.1) is 0 Å². The van der Waals surface area contributed by atoms with Crippen molar-refractivity contribution >= 4 is 11.5 Å². The highest BCUT2D eigenvalue weighted by Gasteiger charge is 1.92. The van der Waals surface area contributed by atoms with Crippen molar-refractivity contribution in [3.63, 3.8) is 0 Å². The van der Waals surface area contributed by atoms with Crippen LogP contribution in [0.15, 0.2) is 72.9 Å². The standard InChI is InChI=1S/C18H22N4/c19-18(11-12-21-17-9-5-2-6-10-17)22-14-13-20-15-16-7-3-1-4-8-16/h1-12,20-21H,13-15H2,(H2,19,22)/b12-11-. The molecule has 0 saturated heterocycles. The Morgan fingerprint density at radius 2 is 1.59 bits per heavy atom. The zero-order valence-corrected chi connectivity index (χ0v) is 12.5. The van der Waals surface area contributed by atoms with Gasteiger partial charge in [-0.3, -0.25) is 5.41 Å². The van der Waals surface area contributed by atoms with E-state index in [9.17, 15) is 0 Å². The van der Waals surface area contributed by atoms with Gasteiger partial charge in [0.1, 0.15) is 5.84 Å². The lowest BCUT2D eigenvalue weighted by molar-refractivity contribution is 0.672. The van der Waals surface area contributed by atoms with Crippen molar-refractivity contribution in [1.82, 2.24) is 10.6 Å². The normalized spacial score (nSPS) is 10.5. The fourth-order valence-electron chi connectivity index (χ4n) is 1.93. The van der Waals surface area contributed by atoms with Crippen molar-refractivity contribution in [3.05, 3.63) is 78.5 Å². The van der Waals surface area contributed by atoms with Crippen molar-refractivity contribution < 1.29 is 0 Å². The van der Waals surface area contributed by atoms with Gasteiger partial charge in [0.25, 0.3) is 0 Å². The summed E-state index contributed by atoms with van der Waals surface area (Å²) in [4.78, 5) is 0. The first-order chi connectivity index (χ1) is 10.8. The van der Waals surface area contributed by atoms with Gasteiger partial charge < -0.3 is 16.0 Å². The molecule has 0 bridgehead atoms. The Morgan fingerprint density at radius 3 is 2.32 bits per heavy atom. The number of benzene rings is 2. The predicted octanol–water partition coefficient (Wildman–Crippen LogP) is 2.97. The Balaban J connectivity index is 1.56. The van der Waals surface area contributed by atoms with Gasteiger partial charge in [0.2, 0.25) is 0 Å². The molecular formula is C18H22N4. The maximum Gasteiger partial charge on any atom is 0.119 e. The summed E-state index contributed by atoms with van der Waals surface area (Å²) in [6.45, 7) is 2.39. The van der Waals surface area contributed by atoms with Crippen LogP contribution in [-0.4, -0.2) is 18.9 Å². The van der Waals surface area contributed by atoms with Crippen LogP contribution in [0.3, 0.4) is 0 Å². The summed E-state index contributed by atoms with van der Waals surface area (Å²) in [5, 5.41) is 17.3. The van der Waals surface area contributed by atoms with Gasteiger partial charge in [-0.2, -0.15) is 0 Å². The third-order valence-electron chi connectivity index (χ3n) is 3.06. The number of para-hydroxylation sites is 1. The molecule has 0 radical (unpaired) electrons. The monoisotopic (exact) mass is 294 g/mol. The minimum absolute atomic E-state index is 0.393. The first-order valence-corrected chi connectivity index (χ1v) is 7.40. The summed E-state index contributed by atoms with van der Waals surface area (Å²) < 4.78 is 0. The van der Waals surface area contributed by atoms with Gasteiger partial charge in [0.05, 0.1) is 0 Å². The average Bonchev–Trinajstić information content (AvgIpc) is 2.56. The van der Waals surface area contributed by atoms with Crippen molar-refractivity contribution in [3.8, 4) is 0 Å². The fourth-order valence-corrected chi connectivity index (χ4v) is 1.93. The largest absolute Gasteiger partial charge is 0.369 e. The highest BCUT2D eigenvalue weighted by Crippen LogP contribution is 2.04. The van der Waals surface area contributed by atoms with E-state index in [-0.39, 0.29) is 0 Å². The minimum atomic E-state index is 0.393. The molecule has 0 saturated carbocycles. The molecule has 0 aliphatic heterocycles. The lowest BCUT2D eigenvalue weighted by atomic mass is 10.2.